The van der Waals surface area contributed by atoms with Crippen molar-refractivity contribution in [2.45, 2.75) is 13.0 Å². The van der Waals surface area contributed by atoms with Gasteiger partial charge >= 0.3 is 6.09 Å². The van der Waals surface area contributed by atoms with E-state index in [2.05, 4.69) is 10.1 Å². The number of fused-ring (bicyclic) bond motifs is 3. The molecule has 0 bridgehead atoms. The zero-order chi connectivity index (χ0) is 24.1. The van der Waals surface area contributed by atoms with E-state index >= 15 is 0 Å². The third-order valence-electron chi connectivity index (χ3n) is 6.00. The van der Waals surface area contributed by atoms with Gasteiger partial charge in [-0.2, -0.15) is 0 Å². The van der Waals surface area contributed by atoms with Crippen LogP contribution in [0.4, 0.5) is 10.5 Å². The standard InChI is InChI=1S/C24H20N4O6S/c1-31-14-8-19(33-12-13-4-3-5-18-15(13)6-7-27(18)24(29)30)16-10-21(34-20(16)9-14)17-11-28-22(25-17)35-23(26-28)32-2/h3-5,8-11H,6-7,12H2,1-2H3,(H,29,30). The first-order valence-electron chi connectivity index (χ1n) is 10.8. The van der Waals surface area contributed by atoms with Crippen molar-refractivity contribution in [1.82, 2.24) is 14.6 Å². The fourth-order valence-electron chi connectivity index (χ4n) is 4.33. The Labute approximate surface area is 202 Å². The molecular formula is C24H20N4O6S. The zero-order valence-corrected chi connectivity index (χ0v) is 19.7. The maximum absolute atomic E-state index is 11.5. The minimum absolute atomic E-state index is 0.281. The molecule has 0 saturated carbocycles. The Morgan fingerprint density at radius 3 is 2.89 bits per heavy atom. The molecule has 178 valence electrons. The van der Waals surface area contributed by atoms with Gasteiger partial charge in [-0.1, -0.05) is 12.1 Å². The van der Waals surface area contributed by atoms with Crippen LogP contribution in [0.3, 0.4) is 0 Å². The van der Waals surface area contributed by atoms with Crippen LogP contribution in [0.2, 0.25) is 0 Å². The molecule has 11 heteroatoms. The molecule has 10 nitrogen and oxygen atoms in total. The highest BCUT2D eigenvalue weighted by Crippen LogP contribution is 2.38. The molecule has 0 aliphatic carbocycles. The molecule has 1 N–H and O–H groups in total. The largest absolute Gasteiger partial charge is 0.496 e. The molecule has 1 aliphatic rings. The Hall–Kier alpha value is -4.25. The monoisotopic (exact) mass is 492 g/mol. The number of ether oxygens (including phenoxy) is 3. The van der Waals surface area contributed by atoms with Crippen molar-refractivity contribution in [2.24, 2.45) is 0 Å². The van der Waals surface area contributed by atoms with Gasteiger partial charge in [0.2, 0.25) is 4.96 Å². The highest BCUT2D eigenvalue weighted by molar-refractivity contribution is 7.18. The third kappa shape index (κ3) is 3.60. The maximum Gasteiger partial charge on any atom is 0.411 e. The second kappa shape index (κ2) is 8.20. The first kappa shape index (κ1) is 21.3. The molecule has 1 amide bonds. The van der Waals surface area contributed by atoms with Crippen LogP contribution in [0.25, 0.3) is 27.4 Å². The van der Waals surface area contributed by atoms with E-state index in [1.165, 1.54) is 16.2 Å². The molecule has 0 unspecified atom stereocenters. The van der Waals surface area contributed by atoms with Gasteiger partial charge in [-0.15, -0.1) is 5.10 Å². The van der Waals surface area contributed by atoms with E-state index in [9.17, 15) is 9.90 Å². The van der Waals surface area contributed by atoms with E-state index in [-0.39, 0.29) is 6.61 Å². The Balaban J connectivity index is 1.33. The number of benzene rings is 2. The van der Waals surface area contributed by atoms with Gasteiger partial charge in [0, 0.05) is 18.7 Å². The van der Waals surface area contributed by atoms with Crippen LogP contribution < -0.4 is 19.1 Å². The maximum atomic E-state index is 11.5. The van der Waals surface area contributed by atoms with Gasteiger partial charge in [-0.05, 0) is 41.0 Å². The molecule has 5 aromatic rings. The van der Waals surface area contributed by atoms with E-state index in [1.807, 2.05) is 30.3 Å². The van der Waals surface area contributed by atoms with Gasteiger partial charge in [0.15, 0.2) is 5.76 Å². The molecule has 0 spiro atoms. The second-order valence-corrected chi connectivity index (χ2v) is 8.88. The number of rotatable bonds is 6. The number of carbonyl (C=O) groups is 1. The second-order valence-electron chi connectivity index (χ2n) is 7.96. The Kier molecular flexibility index (Phi) is 4.99. The number of anilines is 1. The van der Waals surface area contributed by atoms with Crippen LogP contribution in [-0.2, 0) is 13.0 Å². The number of amides is 1. The van der Waals surface area contributed by atoms with Crippen LogP contribution in [0.5, 0.6) is 16.7 Å². The van der Waals surface area contributed by atoms with Crippen molar-refractivity contribution in [1.29, 1.82) is 0 Å². The topological polar surface area (TPSA) is 112 Å². The van der Waals surface area contributed by atoms with E-state index in [4.69, 9.17) is 18.6 Å². The van der Waals surface area contributed by atoms with Crippen LogP contribution in [0.1, 0.15) is 11.1 Å². The van der Waals surface area contributed by atoms with Gasteiger partial charge in [0.1, 0.15) is 29.4 Å². The first-order valence-corrected chi connectivity index (χ1v) is 11.6. The third-order valence-corrected chi connectivity index (χ3v) is 6.88. The lowest BCUT2D eigenvalue weighted by atomic mass is 10.1. The van der Waals surface area contributed by atoms with Gasteiger partial charge in [0.05, 0.1) is 31.5 Å². The van der Waals surface area contributed by atoms with E-state index in [0.717, 1.165) is 16.5 Å². The molecule has 0 saturated heterocycles. The van der Waals surface area contributed by atoms with Crippen molar-refractivity contribution in [3.8, 4) is 28.1 Å². The van der Waals surface area contributed by atoms with E-state index < -0.39 is 6.09 Å². The molecule has 35 heavy (non-hydrogen) atoms. The molecule has 1 aliphatic heterocycles. The lowest BCUT2D eigenvalue weighted by Gasteiger charge is -2.14. The molecule has 3 aromatic heterocycles. The van der Waals surface area contributed by atoms with E-state index in [1.54, 1.807) is 31.0 Å². The summed E-state index contributed by atoms with van der Waals surface area (Å²) >= 11 is 1.34. The average Bonchev–Trinajstić information content (AvgIpc) is 3.62. The molecular weight excluding hydrogens is 472 g/mol. The summed E-state index contributed by atoms with van der Waals surface area (Å²) in [5.74, 6) is 1.77. The summed E-state index contributed by atoms with van der Waals surface area (Å²) < 4.78 is 24.6. The Morgan fingerprint density at radius 1 is 1.23 bits per heavy atom. The summed E-state index contributed by atoms with van der Waals surface area (Å²) in [6.07, 6.45) is 1.49. The van der Waals surface area contributed by atoms with Crippen LogP contribution >= 0.6 is 11.3 Å². The highest BCUT2D eigenvalue weighted by atomic mass is 32.1. The van der Waals surface area contributed by atoms with Crippen molar-refractivity contribution in [3.63, 3.8) is 0 Å². The number of methoxy groups -OCH3 is 2. The smallest absolute Gasteiger partial charge is 0.411 e. The summed E-state index contributed by atoms with van der Waals surface area (Å²) in [7, 11) is 3.15. The number of hydrogen-bond donors (Lipinski definition) is 1. The SMILES string of the molecule is COc1cc(OCc2cccc3c2CCN3C(=O)O)c2cc(-c3cn4nc(OC)sc4n3)oc2c1. The molecule has 2 aromatic carbocycles. The molecule has 6 rings (SSSR count). The number of nitrogens with zero attached hydrogens (tertiary/aromatic N) is 4. The summed E-state index contributed by atoms with van der Waals surface area (Å²) in [6.45, 7) is 0.725. The zero-order valence-electron chi connectivity index (χ0n) is 18.8. The fourth-order valence-corrected chi connectivity index (χ4v) is 5.02. The molecule has 4 heterocycles. The number of hydrogen-bond acceptors (Lipinski definition) is 8. The van der Waals surface area contributed by atoms with Gasteiger partial charge in [-0.3, -0.25) is 4.90 Å². The van der Waals surface area contributed by atoms with E-state index in [0.29, 0.717) is 57.3 Å². The van der Waals surface area contributed by atoms with Crippen molar-refractivity contribution < 1.29 is 28.5 Å². The average molecular weight is 493 g/mol. The number of imidazole rings is 1. The van der Waals surface area contributed by atoms with Crippen LogP contribution in [-0.4, -0.2) is 46.6 Å². The molecule has 0 fully saturated rings. The lowest BCUT2D eigenvalue weighted by Crippen LogP contribution is -2.26. The van der Waals surface area contributed by atoms with Crippen LogP contribution in [0, 0.1) is 0 Å². The van der Waals surface area contributed by atoms with Crippen molar-refractivity contribution in [2.75, 3.05) is 25.7 Å². The Bertz CT molecular complexity index is 1550. The minimum atomic E-state index is -0.949. The van der Waals surface area contributed by atoms with Gasteiger partial charge in [-0.25, -0.2) is 14.3 Å². The minimum Gasteiger partial charge on any atom is -0.496 e. The normalized spacial score (nSPS) is 12.9. The fraction of sp³-hybridized carbons (Fsp3) is 0.208. The van der Waals surface area contributed by atoms with Crippen LogP contribution in [0.15, 0.2) is 47.0 Å². The first-order chi connectivity index (χ1) is 17.0. The summed E-state index contributed by atoms with van der Waals surface area (Å²) in [5, 5.41) is 15.1. The highest BCUT2D eigenvalue weighted by Gasteiger charge is 2.26. The quantitative estimate of drug-likeness (QED) is 0.358. The lowest BCUT2D eigenvalue weighted by molar-refractivity contribution is 0.202. The molecule has 0 radical (unpaired) electrons. The predicted octanol–water partition coefficient (Wildman–Crippen LogP) is 4.84. The summed E-state index contributed by atoms with van der Waals surface area (Å²) in [6, 6.07) is 11.1. The predicted molar refractivity (Wildman–Crippen MR) is 129 cm³/mol. The number of furan rings is 1. The number of aromatic nitrogens is 3. The molecule has 0 atom stereocenters. The van der Waals surface area contributed by atoms with Gasteiger partial charge in [0.25, 0.3) is 5.19 Å². The van der Waals surface area contributed by atoms with Crippen molar-refractivity contribution >= 4 is 39.0 Å². The summed E-state index contributed by atoms with van der Waals surface area (Å²) in [5.41, 5.74) is 3.89. The summed E-state index contributed by atoms with van der Waals surface area (Å²) in [4.78, 5) is 18.2. The van der Waals surface area contributed by atoms with Gasteiger partial charge < -0.3 is 23.7 Å². The van der Waals surface area contributed by atoms with Crippen molar-refractivity contribution in [3.05, 3.63) is 53.7 Å². The number of carboxylic acid groups (broad SMARTS) is 1. The Morgan fingerprint density at radius 2 is 2.11 bits per heavy atom.